The van der Waals surface area contributed by atoms with Crippen LogP contribution in [-0.2, 0) is 28.9 Å². The number of rotatable bonds is 3. The molecule has 0 spiro atoms. The topological polar surface area (TPSA) is 96.3 Å². The van der Waals surface area contributed by atoms with E-state index in [1.165, 1.54) is 0 Å². The molecule has 0 radical (unpaired) electrons. The van der Waals surface area contributed by atoms with Gasteiger partial charge in [-0.3, -0.25) is 9.78 Å². The molecule has 1 amide bonds. The van der Waals surface area contributed by atoms with Crippen LogP contribution >= 0.6 is 11.3 Å². The van der Waals surface area contributed by atoms with Crippen molar-refractivity contribution in [2.45, 2.75) is 25.4 Å². The summed E-state index contributed by atoms with van der Waals surface area (Å²) in [5.74, 6) is -2.57. The van der Waals surface area contributed by atoms with Crippen LogP contribution in [0.5, 0.6) is 0 Å². The van der Waals surface area contributed by atoms with Crippen molar-refractivity contribution in [1.82, 2.24) is 19.9 Å². The van der Waals surface area contributed by atoms with Crippen LogP contribution in [-0.4, -0.2) is 56.1 Å². The van der Waals surface area contributed by atoms with Crippen molar-refractivity contribution in [2.24, 2.45) is 0 Å². The van der Waals surface area contributed by atoms with Crippen LogP contribution in [0.3, 0.4) is 0 Å². The summed E-state index contributed by atoms with van der Waals surface area (Å²) < 4.78 is 31.7. The molecule has 168 valence electrons. The van der Waals surface area contributed by atoms with E-state index in [2.05, 4.69) is 15.0 Å². The van der Waals surface area contributed by atoms with E-state index < -0.39 is 12.1 Å². The third-order valence-corrected chi connectivity index (χ3v) is 5.50. The summed E-state index contributed by atoms with van der Waals surface area (Å²) in [7, 11) is 0. The molecule has 7 nitrogen and oxygen atoms in total. The van der Waals surface area contributed by atoms with E-state index in [1.807, 2.05) is 33.9 Å². The Bertz CT molecular complexity index is 1060. The van der Waals surface area contributed by atoms with Gasteiger partial charge in [0.15, 0.2) is 0 Å². The number of aliphatic carboxylic acids is 1. The predicted molar refractivity (Wildman–Crippen MR) is 111 cm³/mol. The van der Waals surface area contributed by atoms with Crippen molar-refractivity contribution < 1.29 is 27.9 Å². The molecule has 0 fully saturated rings. The van der Waals surface area contributed by atoms with Crippen LogP contribution in [0.4, 0.5) is 13.2 Å². The highest BCUT2D eigenvalue weighted by Crippen LogP contribution is 2.25. The number of pyridine rings is 1. The van der Waals surface area contributed by atoms with E-state index in [4.69, 9.17) is 9.90 Å². The molecule has 3 aromatic heterocycles. The lowest BCUT2D eigenvalue weighted by atomic mass is 10.0. The molecule has 0 aliphatic carbocycles. The first-order chi connectivity index (χ1) is 15.3. The average Bonchev–Trinajstić information content (AvgIpc) is 3.17. The highest BCUT2D eigenvalue weighted by molar-refractivity contribution is 7.08. The van der Waals surface area contributed by atoms with Crippen molar-refractivity contribution in [1.29, 1.82) is 0 Å². The van der Waals surface area contributed by atoms with Gasteiger partial charge >= 0.3 is 12.1 Å². The molecule has 1 aliphatic heterocycles. The molecule has 4 rings (SSSR count). The molecular weight excluding hydrogens is 445 g/mol. The third kappa shape index (κ3) is 6.10. The number of carboxylic acids is 1. The molecule has 32 heavy (non-hydrogen) atoms. The number of amides is 1. The smallest absolute Gasteiger partial charge is 0.475 e. The Morgan fingerprint density at radius 1 is 1.09 bits per heavy atom. The molecule has 4 heterocycles. The van der Waals surface area contributed by atoms with E-state index in [9.17, 15) is 18.0 Å². The van der Waals surface area contributed by atoms with Crippen molar-refractivity contribution in [3.05, 3.63) is 64.5 Å². The zero-order valence-corrected chi connectivity index (χ0v) is 17.6. The number of aromatic nitrogens is 3. The van der Waals surface area contributed by atoms with Crippen molar-refractivity contribution in [3.8, 4) is 11.3 Å². The van der Waals surface area contributed by atoms with Gasteiger partial charge in [0.25, 0.3) is 0 Å². The van der Waals surface area contributed by atoms with Gasteiger partial charge in [0, 0.05) is 48.7 Å². The van der Waals surface area contributed by atoms with E-state index in [0.717, 1.165) is 40.9 Å². The predicted octanol–water partition coefficient (Wildman–Crippen LogP) is 3.40. The van der Waals surface area contributed by atoms with Gasteiger partial charge < -0.3 is 10.0 Å². The summed E-state index contributed by atoms with van der Waals surface area (Å²) in [5.41, 5.74) is 5.30. The molecule has 3 aromatic rings. The Balaban J connectivity index is 0.000000360. The lowest BCUT2D eigenvalue weighted by molar-refractivity contribution is -0.192. The number of carboxylic acid groups (broad SMARTS) is 1. The van der Waals surface area contributed by atoms with Gasteiger partial charge in [0.2, 0.25) is 5.91 Å². The standard InChI is InChI=1S/C19H18N4OS.C2HF3O2/c24-18(11-14-5-10-25-12-14)23-8-3-16-17(4-9-23)21-13-22-19(16)15-1-6-20-7-2-15;3-2(4,5)1(6)7/h1-2,5-7,10,12-13H,3-4,8-9,11H2;(H,6,7). The minimum absolute atomic E-state index is 0.185. The Labute approximate surface area is 185 Å². The molecule has 0 atom stereocenters. The summed E-state index contributed by atoms with van der Waals surface area (Å²) in [5, 5.41) is 11.2. The first-order valence-corrected chi connectivity index (χ1v) is 10.5. The van der Waals surface area contributed by atoms with Gasteiger partial charge in [-0.05, 0) is 40.9 Å². The first kappa shape index (κ1) is 23.3. The fourth-order valence-electron chi connectivity index (χ4n) is 3.21. The number of nitrogens with zero attached hydrogens (tertiary/aromatic N) is 4. The fraction of sp³-hybridized carbons (Fsp3) is 0.286. The van der Waals surface area contributed by atoms with E-state index in [1.54, 1.807) is 30.1 Å². The summed E-state index contributed by atoms with van der Waals surface area (Å²) in [4.78, 5) is 36.5. The quantitative estimate of drug-likeness (QED) is 0.638. The number of carbonyl (C=O) groups is 2. The summed E-state index contributed by atoms with van der Waals surface area (Å²) in [6.45, 7) is 1.42. The first-order valence-electron chi connectivity index (χ1n) is 9.58. The second kappa shape index (κ2) is 10.3. The maximum absolute atomic E-state index is 12.6. The zero-order chi connectivity index (χ0) is 23.1. The Morgan fingerprint density at radius 3 is 2.41 bits per heavy atom. The Hall–Kier alpha value is -3.34. The van der Waals surface area contributed by atoms with E-state index >= 15 is 0 Å². The average molecular weight is 464 g/mol. The second-order valence-corrected chi connectivity index (χ2v) is 7.66. The van der Waals surface area contributed by atoms with Gasteiger partial charge in [-0.15, -0.1) is 0 Å². The van der Waals surface area contributed by atoms with Crippen molar-refractivity contribution in [2.75, 3.05) is 13.1 Å². The molecular formula is C21H19F3N4O3S. The zero-order valence-electron chi connectivity index (χ0n) is 16.7. The lowest BCUT2D eigenvalue weighted by Gasteiger charge is -2.19. The number of hydrogen-bond donors (Lipinski definition) is 1. The third-order valence-electron chi connectivity index (χ3n) is 4.77. The fourth-order valence-corrected chi connectivity index (χ4v) is 3.88. The van der Waals surface area contributed by atoms with E-state index in [-0.39, 0.29) is 5.91 Å². The van der Waals surface area contributed by atoms with Crippen molar-refractivity contribution in [3.63, 3.8) is 0 Å². The Kier molecular flexibility index (Phi) is 7.52. The molecule has 0 bridgehead atoms. The second-order valence-electron chi connectivity index (χ2n) is 6.88. The van der Waals surface area contributed by atoms with Gasteiger partial charge in [-0.1, -0.05) is 0 Å². The molecule has 0 saturated heterocycles. The van der Waals surface area contributed by atoms with Gasteiger partial charge in [-0.2, -0.15) is 24.5 Å². The molecule has 1 aliphatic rings. The van der Waals surface area contributed by atoms with Gasteiger partial charge in [0.05, 0.1) is 12.1 Å². The van der Waals surface area contributed by atoms with Crippen LogP contribution in [0.2, 0.25) is 0 Å². The molecule has 0 unspecified atom stereocenters. The number of hydrogen-bond acceptors (Lipinski definition) is 6. The highest BCUT2D eigenvalue weighted by Gasteiger charge is 2.38. The highest BCUT2D eigenvalue weighted by atomic mass is 32.1. The van der Waals surface area contributed by atoms with Crippen molar-refractivity contribution >= 4 is 23.2 Å². The molecule has 0 saturated carbocycles. The number of alkyl halides is 3. The van der Waals surface area contributed by atoms with Crippen LogP contribution in [0.1, 0.15) is 16.8 Å². The lowest BCUT2D eigenvalue weighted by Crippen LogP contribution is -2.34. The molecule has 1 N–H and O–H groups in total. The summed E-state index contributed by atoms with van der Waals surface area (Å²) >= 11 is 1.63. The Morgan fingerprint density at radius 2 is 1.78 bits per heavy atom. The maximum atomic E-state index is 12.6. The SMILES string of the molecule is O=C(Cc1ccsc1)N1CCc2ncnc(-c3ccncc3)c2CC1.O=C(O)C(F)(F)F. The minimum Gasteiger partial charge on any atom is -0.475 e. The van der Waals surface area contributed by atoms with Crippen LogP contribution in [0, 0.1) is 0 Å². The number of halogens is 3. The number of thiophene rings is 1. The molecule has 0 aromatic carbocycles. The van der Waals surface area contributed by atoms with Crippen LogP contribution in [0.15, 0.2) is 47.7 Å². The number of fused-ring (bicyclic) bond motifs is 1. The normalized spacial score (nSPS) is 13.4. The van der Waals surface area contributed by atoms with Gasteiger partial charge in [-0.25, -0.2) is 14.8 Å². The summed E-state index contributed by atoms with van der Waals surface area (Å²) in [6, 6.07) is 5.95. The van der Waals surface area contributed by atoms with E-state index in [0.29, 0.717) is 19.5 Å². The van der Waals surface area contributed by atoms with Crippen LogP contribution < -0.4 is 0 Å². The molecule has 11 heteroatoms. The number of carbonyl (C=O) groups excluding carboxylic acids is 1. The van der Waals surface area contributed by atoms with Gasteiger partial charge in [0.1, 0.15) is 6.33 Å². The minimum atomic E-state index is -5.08. The van der Waals surface area contributed by atoms with Crippen LogP contribution in [0.25, 0.3) is 11.3 Å². The summed E-state index contributed by atoms with van der Waals surface area (Å²) in [6.07, 6.45) is 2.11. The largest absolute Gasteiger partial charge is 0.490 e. The monoisotopic (exact) mass is 464 g/mol. The maximum Gasteiger partial charge on any atom is 0.490 e.